The van der Waals surface area contributed by atoms with E-state index in [4.69, 9.17) is 19.4 Å². The Morgan fingerprint density at radius 1 is 1.07 bits per heavy atom. The van der Waals surface area contributed by atoms with Crippen molar-refractivity contribution in [3.8, 4) is 23.1 Å². The molecule has 10 heteroatoms. The Hall–Kier alpha value is -3.43. The molecule has 27 heavy (non-hydrogen) atoms. The van der Waals surface area contributed by atoms with Crippen LogP contribution in [0.2, 0.25) is 0 Å². The van der Waals surface area contributed by atoms with E-state index >= 15 is 0 Å². The third-order valence-corrected chi connectivity index (χ3v) is 3.26. The van der Waals surface area contributed by atoms with E-state index in [0.717, 1.165) is 16.3 Å². The number of halogens is 3. The number of carbonyl (C=O) groups is 1. The van der Waals surface area contributed by atoms with Crippen molar-refractivity contribution in [3.05, 3.63) is 42.7 Å². The lowest BCUT2D eigenvalue weighted by atomic mass is 10.1. The predicted molar refractivity (Wildman–Crippen MR) is 89.6 cm³/mol. The number of alkyl halides is 3. The number of carboxylic acids is 1. The van der Waals surface area contributed by atoms with Gasteiger partial charge in [0.1, 0.15) is 0 Å². The predicted octanol–water partition coefficient (Wildman–Crippen LogP) is 3.34. The number of fused-ring (bicyclic) bond motifs is 1. The van der Waals surface area contributed by atoms with Gasteiger partial charge in [-0.05, 0) is 11.5 Å². The van der Waals surface area contributed by atoms with E-state index in [-0.39, 0.29) is 0 Å². The van der Waals surface area contributed by atoms with Gasteiger partial charge in [-0.15, -0.1) is 0 Å². The van der Waals surface area contributed by atoms with Crippen LogP contribution in [0.15, 0.2) is 42.7 Å². The topological polar surface area (TPSA) is 94.4 Å². The second-order valence-corrected chi connectivity index (χ2v) is 4.98. The molecule has 1 N–H and O–H groups in total. The number of rotatable bonds is 3. The van der Waals surface area contributed by atoms with E-state index in [9.17, 15) is 13.2 Å². The molecule has 0 fully saturated rings. The van der Waals surface area contributed by atoms with Gasteiger partial charge in [-0.3, -0.25) is 4.98 Å². The fourth-order valence-electron chi connectivity index (χ4n) is 2.05. The molecule has 0 aliphatic rings. The maximum absolute atomic E-state index is 10.6. The summed E-state index contributed by atoms with van der Waals surface area (Å²) in [7, 11) is 3.14. The minimum Gasteiger partial charge on any atom is -0.481 e. The van der Waals surface area contributed by atoms with Crippen molar-refractivity contribution in [2.24, 2.45) is 0 Å². The molecular formula is C17H14F3N3O4. The Morgan fingerprint density at radius 2 is 1.67 bits per heavy atom. The number of pyridine rings is 1. The van der Waals surface area contributed by atoms with E-state index < -0.39 is 12.1 Å². The van der Waals surface area contributed by atoms with Crippen LogP contribution in [0.4, 0.5) is 13.2 Å². The molecule has 1 aromatic carbocycles. The summed E-state index contributed by atoms with van der Waals surface area (Å²) in [5.74, 6) is -1.25. The fourth-order valence-corrected chi connectivity index (χ4v) is 2.05. The molecule has 0 radical (unpaired) electrons. The van der Waals surface area contributed by atoms with Crippen molar-refractivity contribution in [2.45, 2.75) is 6.18 Å². The lowest BCUT2D eigenvalue weighted by Gasteiger charge is -2.08. The van der Waals surface area contributed by atoms with Gasteiger partial charge in [0.25, 0.3) is 0 Å². The average Bonchev–Trinajstić information content (AvgIpc) is 2.66. The molecule has 0 spiro atoms. The first-order valence-electron chi connectivity index (χ1n) is 7.36. The molecule has 0 bridgehead atoms. The zero-order valence-corrected chi connectivity index (χ0v) is 14.2. The molecule has 0 aliphatic carbocycles. The Morgan fingerprint density at radius 3 is 2.19 bits per heavy atom. The van der Waals surface area contributed by atoms with Crippen molar-refractivity contribution >= 4 is 16.7 Å². The molecule has 0 atom stereocenters. The van der Waals surface area contributed by atoms with E-state index in [1.165, 1.54) is 0 Å². The Labute approximate surface area is 151 Å². The summed E-state index contributed by atoms with van der Waals surface area (Å²) in [5, 5.41) is 9.20. The van der Waals surface area contributed by atoms with Gasteiger partial charge in [-0.1, -0.05) is 18.2 Å². The molecule has 2 heterocycles. The minimum absolute atomic E-state index is 0.470. The van der Waals surface area contributed by atoms with Crippen molar-refractivity contribution in [1.82, 2.24) is 15.0 Å². The van der Waals surface area contributed by atoms with Gasteiger partial charge in [0.05, 0.1) is 20.3 Å². The highest BCUT2D eigenvalue weighted by atomic mass is 19.4. The summed E-state index contributed by atoms with van der Waals surface area (Å²) < 4.78 is 42.1. The van der Waals surface area contributed by atoms with Crippen LogP contribution in [0.1, 0.15) is 0 Å². The van der Waals surface area contributed by atoms with E-state index in [2.05, 4.69) is 15.0 Å². The highest BCUT2D eigenvalue weighted by Crippen LogP contribution is 2.28. The standard InChI is InChI=1S/C15H13N3O2.C2HF3O2/c1-19-13-8-14(20-2)18-15(17-13)12-5-3-4-10-9-16-7-6-11(10)12;3-2(4,5)1(6)7/h3-9H,1-2H3;(H,6,7). The number of aromatic nitrogens is 3. The van der Waals surface area contributed by atoms with Gasteiger partial charge in [0, 0.05) is 23.3 Å². The zero-order chi connectivity index (χ0) is 20.0. The molecule has 142 valence electrons. The van der Waals surface area contributed by atoms with Crippen LogP contribution in [0.25, 0.3) is 22.2 Å². The number of hydrogen-bond acceptors (Lipinski definition) is 6. The Kier molecular flexibility index (Phi) is 6.11. The van der Waals surface area contributed by atoms with Crippen molar-refractivity contribution in [1.29, 1.82) is 0 Å². The number of aliphatic carboxylic acids is 1. The van der Waals surface area contributed by atoms with Crippen LogP contribution < -0.4 is 9.47 Å². The Balaban J connectivity index is 0.000000321. The normalized spacial score (nSPS) is 10.7. The molecule has 0 unspecified atom stereocenters. The third kappa shape index (κ3) is 5.03. The fraction of sp³-hybridized carbons (Fsp3) is 0.176. The molecule has 3 rings (SSSR count). The number of benzene rings is 1. The summed E-state index contributed by atoms with van der Waals surface area (Å²) in [6.07, 6.45) is -1.51. The zero-order valence-electron chi connectivity index (χ0n) is 14.2. The molecule has 2 aromatic heterocycles. The summed E-state index contributed by atoms with van der Waals surface area (Å²) in [5.41, 5.74) is 0.919. The number of carboxylic acid groups (broad SMARTS) is 1. The lowest BCUT2D eigenvalue weighted by molar-refractivity contribution is -0.192. The molecular weight excluding hydrogens is 367 g/mol. The second kappa shape index (κ2) is 8.30. The van der Waals surface area contributed by atoms with Crippen LogP contribution in [0, 0.1) is 0 Å². The SMILES string of the molecule is COc1cc(OC)nc(-c2cccc3cnccc23)n1.O=C(O)C(F)(F)F. The van der Waals surface area contributed by atoms with Gasteiger partial charge >= 0.3 is 12.1 Å². The molecule has 3 aromatic rings. The van der Waals surface area contributed by atoms with E-state index in [1.807, 2.05) is 30.5 Å². The van der Waals surface area contributed by atoms with Gasteiger partial charge < -0.3 is 14.6 Å². The maximum Gasteiger partial charge on any atom is 0.490 e. The highest BCUT2D eigenvalue weighted by Gasteiger charge is 2.38. The first-order chi connectivity index (χ1) is 12.8. The monoisotopic (exact) mass is 381 g/mol. The van der Waals surface area contributed by atoms with Crippen LogP contribution in [-0.4, -0.2) is 46.4 Å². The van der Waals surface area contributed by atoms with Crippen molar-refractivity contribution in [2.75, 3.05) is 14.2 Å². The van der Waals surface area contributed by atoms with E-state index in [0.29, 0.717) is 17.6 Å². The van der Waals surface area contributed by atoms with E-state index in [1.54, 1.807) is 26.5 Å². The van der Waals surface area contributed by atoms with Gasteiger partial charge in [0.15, 0.2) is 5.82 Å². The van der Waals surface area contributed by atoms with Gasteiger partial charge in [-0.25, -0.2) is 4.79 Å². The molecule has 0 saturated carbocycles. The number of methoxy groups -OCH3 is 2. The molecule has 0 saturated heterocycles. The molecule has 7 nitrogen and oxygen atoms in total. The average molecular weight is 381 g/mol. The summed E-state index contributed by atoms with van der Waals surface area (Å²) >= 11 is 0. The summed E-state index contributed by atoms with van der Waals surface area (Å²) in [4.78, 5) is 21.8. The van der Waals surface area contributed by atoms with Crippen LogP contribution in [-0.2, 0) is 4.79 Å². The molecule has 0 aliphatic heterocycles. The maximum atomic E-state index is 10.6. The van der Waals surface area contributed by atoms with Crippen LogP contribution >= 0.6 is 0 Å². The smallest absolute Gasteiger partial charge is 0.481 e. The largest absolute Gasteiger partial charge is 0.490 e. The van der Waals surface area contributed by atoms with Gasteiger partial charge in [0.2, 0.25) is 11.8 Å². The quantitative estimate of drug-likeness (QED) is 0.743. The second-order valence-electron chi connectivity index (χ2n) is 4.98. The number of nitrogens with zero attached hydrogens (tertiary/aromatic N) is 3. The highest BCUT2D eigenvalue weighted by molar-refractivity contribution is 5.94. The van der Waals surface area contributed by atoms with Gasteiger partial charge in [-0.2, -0.15) is 23.1 Å². The molecule has 0 amide bonds. The number of hydrogen-bond donors (Lipinski definition) is 1. The minimum atomic E-state index is -5.08. The summed E-state index contributed by atoms with van der Waals surface area (Å²) in [6, 6.07) is 9.52. The van der Waals surface area contributed by atoms with Crippen LogP contribution in [0.3, 0.4) is 0 Å². The Bertz CT molecular complexity index is 921. The third-order valence-electron chi connectivity index (χ3n) is 3.26. The first kappa shape index (κ1) is 19.9. The number of ether oxygens (including phenoxy) is 2. The lowest BCUT2D eigenvalue weighted by Crippen LogP contribution is -2.21. The first-order valence-corrected chi connectivity index (χ1v) is 7.36. The summed E-state index contributed by atoms with van der Waals surface area (Å²) in [6.45, 7) is 0. The van der Waals surface area contributed by atoms with Crippen molar-refractivity contribution < 1.29 is 32.5 Å². The van der Waals surface area contributed by atoms with Crippen molar-refractivity contribution in [3.63, 3.8) is 0 Å². The van der Waals surface area contributed by atoms with Crippen LogP contribution in [0.5, 0.6) is 11.8 Å².